The summed E-state index contributed by atoms with van der Waals surface area (Å²) in [6, 6.07) is 15.2. The lowest BCUT2D eigenvalue weighted by atomic mass is 10.2. The number of carbonyl (C=O) groups excluding carboxylic acids is 1. The number of hydrogen-bond donors (Lipinski definition) is 1. The summed E-state index contributed by atoms with van der Waals surface area (Å²) in [5, 5.41) is 11.6. The van der Waals surface area contributed by atoms with Crippen molar-refractivity contribution in [1.82, 2.24) is 10.2 Å². The Morgan fingerprint density at radius 3 is 2.78 bits per heavy atom. The molecule has 0 saturated carbocycles. The topological polar surface area (TPSA) is 68.0 Å². The number of nitrogens with one attached hydrogen (secondary N) is 1. The SMILES string of the molecule is Cc1cccc(CSc2ccc(NC(=O)c3ccco3)nn2)c1. The first-order valence-corrected chi connectivity index (χ1v) is 8.06. The minimum Gasteiger partial charge on any atom is -0.459 e. The van der Waals surface area contributed by atoms with Crippen LogP contribution in [0.1, 0.15) is 21.7 Å². The Morgan fingerprint density at radius 1 is 1.17 bits per heavy atom. The lowest BCUT2D eigenvalue weighted by Gasteiger charge is -2.04. The molecule has 0 saturated heterocycles. The predicted molar refractivity (Wildman–Crippen MR) is 89.4 cm³/mol. The number of amides is 1. The number of rotatable bonds is 5. The second kappa shape index (κ2) is 7.11. The fraction of sp³-hybridized carbons (Fsp3) is 0.118. The van der Waals surface area contributed by atoms with Crippen LogP contribution in [0.25, 0.3) is 0 Å². The number of anilines is 1. The molecule has 0 aliphatic heterocycles. The van der Waals surface area contributed by atoms with Gasteiger partial charge in [0.25, 0.3) is 5.91 Å². The lowest BCUT2D eigenvalue weighted by Crippen LogP contribution is -2.12. The second-order valence-corrected chi connectivity index (χ2v) is 5.96. The van der Waals surface area contributed by atoms with E-state index in [0.29, 0.717) is 5.82 Å². The van der Waals surface area contributed by atoms with Crippen LogP contribution < -0.4 is 5.32 Å². The lowest BCUT2D eigenvalue weighted by molar-refractivity contribution is 0.0996. The minimum atomic E-state index is -0.343. The van der Waals surface area contributed by atoms with E-state index >= 15 is 0 Å². The summed E-state index contributed by atoms with van der Waals surface area (Å²) >= 11 is 1.60. The average molecular weight is 325 g/mol. The van der Waals surface area contributed by atoms with Gasteiger partial charge in [-0.3, -0.25) is 4.79 Å². The number of benzene rings is 1. The molecule has 0 fully saturated rings. The molecule has 2 heterocycles. The van der Waals surface area contributed by atoms with E-state index in [1.807, 2.05) is 12.1 Å². The molecule has 0 aliphatic rings. The van der Waals surface area contributed by atoms with Gasteiger partial charge in [-0.25, -0.2) is 0 Å². The van der Waals surface area contributed by atoms with Crippen LogP contribution in [0.5, 0.6) is 0 Å². The van der Waals surface area contributed by atoms with Gasteiger partial charge in [-0.2, -0.15) is 0 Å². The summed E-state index contributed by atoms with van der Waals surface area (Å²) in [5.41, 5.74) is 2.48. The molecule has 1 N–H and O–H groups in total. The predicted octanol–water partition coefficient (Wildman–Crippen LogP) is 3.92. The third-order valence-electron chi connectivity index (χ3n) is 3.10. The summed E-state index contributed by atoms with van der Waals surface area (Å²) in [6.45, 7) is 2.07. The Hall–Kier alpha value is -2.60. The fourth-order valence-electron chi connectivity index (χ4n) is 2.01. The maximum atomic E-state index is 11.8. The first-order chi connectivity index (χ1) is 11.2. The molecule has 116 valence electrons. The van der Waals surface area contributed by atoms with Crippen molar-refractivity contribution < 1.29 is 9.21 Å². The fourth-order valence-corrected chi connectivity index (χ4v) is 2.77. The Labute approximate surface area is 138 Å². The van der Waals surface area contributed by atoms with Crippen molar-refractivity contribution in [2.45, 2.75) is 17.7 Å². The van der Waals surface area contributed by atoms with Crippen LogP contribution in [0.15, 0.2) is 64.2 Å². The normalized spacial score (nSPS) is 10.5. The van der Waals surface area contributed by atoms with Crippen molar-refractivity contribution in [3.63, 3.8) is 0 Å². The molecule has 0 bridgehead atoms. The molecule has 23 heavy (non-hydrogen) atoms. The maximum Gasteiger partial charge on any atom is 0.292 e. The number of hydrogen-bond acceptors (Lipinski definition) is 5. The number of thioether (sulfide) groups is 1. The Morgan fingerprint density at radius 2 is 2.09 bits per heavy atom. The van der Waals surface area contributed by atoms with E-state index in [-0.39, 0.29) is 11.7 Å². The van der Waals surface area contributed by atoms with Crippen LogP contribution in [-0.2, 0) is 5.75 Å². The average Bonchev–Trinajstić information content (AvgIpc) is 3.09. The van der Waals surface area contributed by atoms with Crippen LogP contribution in [0.4, 0.5) is 5.82 Å². The van der Waals surface area contributed by atoms with Gasteiger partial charge in [-0.15, -0.1) is 10.2 Å². The van der Waals surface area contributed by atoms with Gasteiger partial charge in [0.15, 0.2) is 11.6 Å². The first-order valence-electron chi connectivity index (χ1n) is 7.07. The number of furan rings is 1. The van der Waals surface area contributed by atoms with E-state index in [0.717, 1.165) is 10.8 Å². The molecule has 5 nitrogen and oxygen atoms in total. The van der Waals surface area contributed by atoms with Gasteiger partial charge in [0.1, 0.15) is 5.03 Å². The van der Waals surface area contributed by atoms with Crippen molar-refractivity contribution in [3.05, 3.63) is 71.7 Å². The molecular formula is C17H15N3O2S. The van der Waals surface area contributed by atoms with E-state index in [4.69, 9.17) is 4.42 Å². The maximum absolute atomic E-state index is 11.8. The summed E-state index contributed by atoms with van der Waals surface area (Å²) in [6.07, 6.45) is 1.45. The molecule has 1 aromatic carbocycles. The van der Waals surface area contributed by atoms with Crippen LogP contribution in [0.2, 0.25) is 0 Å². The van der Waals surface area contributed by atoms with Crippen molar-refractivity contribution in [1.29, 1.82) is 0 Å². The van der Waals surface area contributed by atoms with E-state index in [9.17, 15) is 4.79 Å². The standard InChI is InChI=1S/C17H15N3O2S/c1-12-4-2-5-13(10-12)11-23-16-8-7-15(19-20-16)18-17(21)14-6-3-9-22-14/h2-10H,11H2,1H3,(H,18,19,21). The van der Waals surface area contributed by atoms with E-state index in [1.54, 1.807) is 30.0 Å². The monoisotopic (exact) mass is 325 g/mol. The largest absolute Gasteiger partial charge is 0.459 e. The van der Waals surface area contributed by atoms with E-state index in [2.05, 4.69) is 40.6 Å². The van der Waals surface area contributed by atoms with E-state index in [1.165, 1.54) is 17.4 Å². The molecule has 2 aromatic heterocycles. The Bertz CT molecular complexity index is 786. The molecule has 3 aromatic rings. The minimum absolute atomic E-state index is 0.240. The van der Waals surface area contributed by atoms with Crippen molar-refractivity contribution >= 4 is 23.5 Å². The van der Waals surface area contributed by atoms with Crippen molar-refractivity contribution in [3.8, 4) is 0 Å². The van der Waals surface area contributed by atoms with Gasteiger partial charge in [0.2, 0.25) is 0 Å². The number of aromatic nitrogens is 2. The highest BCUT2D eigenvalue weighted by Crippen LogP contribution is 2.21. The number of aryl methyl sites for hydroxylation is 1. The summed E-state index contributed by atoms with van der Waals surface area (Å²) in [4.78, 5) is 11.8. The van der Waals surface area contributed by atoms with Gasteiger partial charge in [0.05, 0.1) is 6.26 Å². The molecule has 0 atom stereocenters. The van der Waals surface area contributed by atoms with Crippen LogP contribution in [-0.4, -0.2) is 16.1 Å². The van der Waals surface area contributed by atoms with Crippen LogP contribution in [0.3, 0.4) is 0 Å². The zero-order valence-corrected chi connectivity index (χ0v) is 13.3. The molecule has 0 aliphatic carbocycles. The third-order valence-corrected chi connectivity index (χ3v) is 4.09. The smallest absolute Gasteiger partial charge is 0.292 e. The molecule has 0 unspecified atom stereocenters. The summed E-state index contributed by atoms with van der Waals surface area (Å²) in [7, 11) is 0. The molecule has 3 rings (SSSR count). The van der Waals surface area contributed by atoms with Gasteiger partial charge in [-0.05, 0) is 36.8 Å². The first kappa shape index (κ1) is 15.3. The molecule has 0 radical (unpaired) electrons. The highest BCUT2D eigenvalue weighted by molar-refractivity contribution is 7.98. The Balaban J connectivity index is 1.58. The molecule has 6 heteroatoms. The summed E-state index contributed by atoms with van der Waals surface area (Å²) in [5.74, 6) is 1.12. The Kier molecular flexibility index (Phi) is 4.73. The zero-order chi connectivity index (χ0) is 16.1. The number of nitrogens with zero attached hydrogens (tertiary/aromatic N) is 2. The van der Waals surface area contributed by atoms with Gasteiger partial charge >= 0.3 is 0 Å². The summed E-state index contributed by atoms with van der Waals surface area (Å²) < 4.78 is 5.02. The van der Waals surface area contributed by atoms with Gasteiger partial charge < -0.3 is 9.73 Å². The molecule has 1 amide bonds. The third kappa shape index (κ3) is 4.20. The zero-order valence-electron chi connectivity index (χ0n) is 12.5. The quantitative estimate of drug-likeness (QED) is 0.720. The highest BCUT2D eigenvalue weighted by atomic mass is 32.2. The van der Waals surface area contributed by atoms with E-state index < -0.39 is 0 Å². The second-order valence-electron chi connectivity index (χ2n) is 4.97. The molecule has 0 spiro atoms. The van der Waals surface area contributed by atoms with Gasteiger partial charge in [0, 0.05) is 5.75 Å². The van der Waals surface area contributed by atoms with Crippen molar-refractivity contribution in [2.75, 3.05) is 5.32 Å². The highest BCUT2D eigenvalue weighted by Gasteiger charge is 2.09. The number of carbonyl (C=O) groups is 1. The molecular weight excluding hydrogens is 310 g/mol. The van der Waals surface area contributed by atoms with Crippen molar-refractivity contribution in [2.24, 2.45) is 0 Å². The van der Waals surface area contributed by atoms with Crippen LogP contribution >= 0.6 is 11.8 Å². The van der Waals surface area contributed by atoms with Crippen LogP contribution in [0, 0.1) is 6.92 Å². The van der Waals surface area contributed by atoms with Gasteiger partial charge in [-0.1, -0.05) is 41.6 Å².